The Morgan fingerprint density at radius 1 is 1.33 bits per heavy atom. The molecule has 0 aromatic carbocycles. The fraction of sp³-hybridized carbons (Fsp3) is 0.467. The molecule has 1 aromatic heterocycles. The molecule has 0 unspecified atom stereocenters. The molecule has 18 heavy (non-hydrogen) atoms. The predicted octanol–water partition coefficient (Wildman–Crippen LogP) is 2.36. The number of rotatable bonds is 1. The summed E-state index contributed by atoms with van der Waals surface area (Å²) in [6, 6.07) is 4.11. The predicted molar refractivity (Wildman–Crippen MR) is 70.6 cm³/mol. The van der Waals surface area contributed by atoms with E-state index in [-0.39, 0.29) is 0 Å². The van der Waals surface area contributed by atoms with E-state index in [9.17, 15) is 0 Å². The van der Waals surface area contributed by atoms with Gasteiger partial charge in [-0.05, 0) is 61.4 Å². The molecular weight excluding hydrogens is 222 g/mol. The molecule has 0 bridgehead atoms. The second-order valence-corrected chi connectivity index (χ2v) is 5.26. The quantitative estimate of drug-likeness (QED) is 0.818. The monoisotopic (exact) mass is 239 g/mol. The molecule has 1 aliphatic carbocycles. The van der Waals surface area contributed by atoms with Gasteiger partial charge in [0.2, 0.25) is 0 Å². The number of aromatic nitrogens is 1. The highest BCUT2D eigenvalue weighted by atomic mass is 14.9. The van der Waals surface area contributed by atoms with Crippen LogP contribution >= 0.6 is 0 Å². The van der Waals surface area contributed by atoms with E-state index in [1.54, 1.807) is 6.20 Å². The Morgan fingerprint density at radius 2 is 2.28 bits per heavy atom. The molecule has 3 rings (SSSR count). The molecule has 3 heteroatoms. The fourth-order valence-corrected chi connectivity index (χ4v) is 3.10. The molecule has 0 saturated carbocycles. The van der Waals surface area contributed by atoms with Crippen molar-refractivity contribution in [2.75, 3.05) is 13.1 Å². The van der Waals surface area contributed by atoms with Crippen LogP contribution in [0.1, 0.15) is 30.4 Å². The minimum absolute atomic E-state index is 0.650. The molecule has 3 nitrogen and oxygen atoms in total. The number of hydrogen-bond donors (Lipinski definition) is 1. The third kappa shape index (κ3) is 2.16. The Kier molecular flexibility index (Phi) is 3.12. The average molecular weight is 239 g/mol. The van der Waals surface area contributed by atoms with Crippen LogP contribution in [0.4, 0.5) is 0 Å². The van der Waals surface area contributed by atoms with Crippen molar-refractivity contribution < 1.29 is 0 Å². The first-order valence-corrected chi connectivity index (χ1v) is 6.62. The Balaban J connectivity index is 1.84. The smallest absolute Gasteiger partial charge is 0.101 e. The number of nitrogens with one attached hydrogen (secondary N) is 1. The Labute approximate surface area is 108 Å². The minimum Gasteiger partial charge on any atom is -0.316 e. The highest BCUT2D eigenvalue weighted by Crippen LogP contribution is 2.37. The zero-order valence-electron chi connectivity index (χ0n) is 10.4. The van der Waals surface area contributed by atoms with E-state index in [1.165, 1.54) is 18.4 Å². The number of fused-ring (bicyclic) bond motifs is 1. The van der Waals surface area contributed by atoms with Gasteiger partial charge in [0.1, 0.15) is 6.07 Å². The topological polar surface area (TPSA) is 48.7 Å². The van der Waals surface area contributed by atoms with Gasteiger partial charge in [0.05, 0.1) is 5.56 Å². The van der Waals surface area contributed by atoms with Crippen molar-refractivity contribution in [1.29, 1.82) is 5.26 Å². The van der Waals surface area contributed by atoms with Gasteiger partial charge in [0.15, 0.2) is 0 Å². The van der Waals surface area contributed by atoms with Gasteiger partial charge in [-0.3, -0.25) is 4.98 Å². The van der Waals surface area contributed by atoms with E-state index < -0.39 is 0 Å². The first-order valence-electron chi connectivity index (χ1n) is 6.62. The largest absolute Gasteiger partial charge is 0.316 e. The van der Waals surface area contributed by atoms with Crippen LogP contribution in [-0.4, -0.2) is 18.1 Å². The lowest BCUT2D eigenvalue weighted by Gasteiger charge is -2.35. The maximum Gasteiger partial charge on any atom is 0.101 e. The van der Waals surface area contributed by atoms with E-state index in [0.29, 0.717) is 5.56 Å². The summed E-state index contributed by atoms with van der Waals surface area (Å²) in [6.07, 6.45) is 9.45. The molecule has 1 N–H and O–H groups in total. The minimum atomic E-state index is 0.650. The molecule has 92 valence electrons. The van der Waals surface area contributed by atoms with Crippen molar-refractivity contribution in [1.82, 2.24) is 10.3 Å². The van der Waals surface area contributed by atoms with Gasteiger partial charge in [-0.25, -0.2) is 0 Å². The van der Waals surface area contributed by atoms with Crippen molar-refractivity contribution in [3.63, 3.8) is 0 Å². The van der Waals surface area contributed by atoms with Crippen LogP contribution in [0.5, 0.6) is 0 Å². The van der Waals surface area contributed by atoms with Gasteiger partial charge in [-0.1, -0.05) is 6.08 Å². The summed E-state index contributed by atoms with van der Waals surface area (Å²) in [7, 11) is 0. The van der Waals surface area contributed by atoms with Crippen LogP contribution in [-0.2, 0) is 0 Å². The maximum atomic E-state index is 8.93. The number of nitrogens with zero attached hydrogens (tertiary/aromatic N) is 2. The van der Waals surface area contributed by atoms with Crippen LogP contribution in [0, 0.1) is 23.2 Å². The van der Waals surface area contributed by atoms with Crippen molar-refractivity contribution in [3.05, 3.63) is 35.7 Å². The number of nitriles is 1. The van der Waals surface area contributed by atoms with Crippen LogP contribution in [0.2, 0.25) is 0 Å². The summed E-state index contributed by atoms with van der Waals surface area (Å²) in [5, 5.41) is 12.4. The molecule has 0 amide bonds. The van der Waals surface area contributed by atoms with Gasteiger partial charge in [-0.15, -0.1) is 0 Å². The van der Waals surface area contributed by atoms with Gasteiger partial charge in [0, 0.05) is 12.4 Å². The molecule has 1 aliphatic heterocycles. The third-order valence-electron chi connectivity index (χ3n) is 4.15. The zero-order chi connectivity index (χ0) is 12.4. The Hall–Kier alpha value is -1.66. The fourth-order valence-electron chi connectivity index (χ4n) is 3.10. The van der Waals surface area contributed by atoms with E-state index in [1.807, 2.05) is 12.3 Å². The van der Waals surface area contributed by atoms with Gasteiger partial charge in [-0.2, -0.15) is 5.26 Å². The van der Waals surface area contributed by atoms with E-state index in [0.717, 1.165) is 36.9 Å². The maximum absolute atomic E-state index is 8.93. The molecule has 1 fully saturated rings. The van der Waals surface area contributed by atoms with Crippen LogP contribution in [0.25, 0.3) is 5.57 Å². The van der Waals surface area contributed by atoms with Crippen LogP contribution < -0.4 is 5.32 Å². The number of pyridine rings is 1. The molecule has 2 heterocycles. The van der Waals surface area contributed by atoms with Crippen molar-refractivity contribution >= 4 is 5.57 Å². The lowest BCUT2D eigenvalue weighted by atomic mass is 9.75. The number of hydrogen-bond acceptors (Lipinski definition) is 3. The van der Waals surface area contributed by atoms with E-state index >= 15 is 0 Å². The summed E-state index contributed by atoms with van der Waals surface area (Å²) in [4.78, 5) is 4.16. The van der Waals surface area contributed by atoms with Gasteiger partial charge in [0.25, 0.3) is 0 Å². The second-order valence-electron chi connectivity index (χ2n) is 5.26. The summed E-state index contributed by atoms with van der Waals surface area (Å²) in [6.45, 7) is 2.29. The molecule has 1 aromatic rings. The molecule has 1 saturated heterocycles. The second kappa shape index (κ2) is 4.91. The van der Waals surface area contributed by atoms with Gasteiger partial charge < -0.3 is 5.32 Å². The zero-order valence-corrected chi connectivity index (χ0v) is 10.4. The van der Waals surface area contributed by atoms with Gasteiger partial charge >= 0.3 is 0 Å². The van der Waals surface area contributed by atoms with Crippen molar-refractivity contribution in [2.24, 2.45) is 11.8 Å². The summed E-state index contributed by atoms with van der Waals surface area (Å²) >= 11 is 0. The summed E-state index contributed by atoms with van der Waals surface area (Å²) in [5.74, 6) is 1.60. The summed E-state index contributed by atoms with van der Waals surface area (Å²) < 4.78 is 0. The molecule has 2 atom stereocenters. The standard InChI is InChI=1S/C15H17N3/c16-7-11-5-14(10-18-8-11)13-2-1-12-3-4-17-9-15(12)6-13/h2,5,8,10,12,15,17H,1,3-4,6,9H2/t12-,15+/m1/s1. The molecule has 0 radical (unpaired) electrons. The first-order chi connectivity index (χ1) is 8.86. The van der Waals surface area contributed by atoms with E-state index in [2.05, 4.69) is 22.4 Å². The molecular formula is C15H17N3. The normalized spacial score (nSPS) is 26.9. The highest BCUT2D eigenvalue weighted by molar-refractivity contribution is 5.67. The van der Waals surface area contributed by atoms with Crippen LogP contribution in [0.3, 0.4) is 0 Å². The Bertz CT molecular complexity index is 513. The van der Waals surface area contributed by atoms with Crippen molar-refractivity contribution in [3.8, 4) is 6.07 Å². The summed E-state index contributed by atoms with van der Waals surface area (Å²) in [5.41, 5.74) is 3.14. The lowest BCUT2D eigenvalue weighted by molar-refractivity contribution is 0.252. The Morgan fingerprint density at radius 3 is 3.17 bits per heavy atom. The number of piperidine rings is 1. The number of allylic oxidation sites excluding steroid dienone is 2. The van der Waals surface area contributed by atoms with E-state index in [4.69, 9.17) is 5.26 Å². The molecule has 2 aliphatic rings. The first kappa shape index (κ1) is 11.4. The lowest BCUT2D eigenvalue weighted by Crippen LogP contribution is -2.37. The van der Waals surface area contributed by atoms with Crippen LogP contribution in [0.15, 0.2) is 24.5 Å². The highest BCUT2D eigenvalue weighted by Gasteiger charge is 2.28. The third-order valence-corrected chi connectivity index (χ3v) is 4.15. The molecule has 0 spiro atoms. The van der Waals surface area contributed by atoms with Crippen molar-refractivity contribution in [2.45, 2.75) is 19.3 Å². The SMILES string of the molecule is N#Cc1cncc(C2=CC[C@@H]3CCNC[C@@H]3C2)c1. The average Bonchev–Trinajstić information content (AvgIpc) is 2.47.